The van der Waals surface area contributed by atoms with Crippen molar-refractivity contribution in [2.45, 2.75) is 19.1 Å². The first-order valence-electron chi connectivity index (χ1n) is 7.62. The van der Waals surface area contributed by atoms with Crippen LogP contribution in [0, 0.1) is 10.1 Å². The Labute approximate surface area is 154 Å². The molecule has 1 aromatic rings. The molecule has 0 spiro atoms. The predicted molar refractivity (Wildman–Crippen MR) is 90.3 cm³/mol. The van der Waals surface area contributed by atoms with E-state index in [4.69, 9.17) is 29.9 Å². The van der Waals surface area contributed by atoms with Crippen molar-refractivity contribution in [3.8, 4) is 11.5 Å². The van der Waals surface area contributed by atoms with Gasteiger partial charge in [-0.3, -0.25) is 19.7 Å². The van der Waals surface area contributed by atoms with Crippen LogP contribution in [0.2, 0.25) is 0 Å². The Balaban J connectivity index is 2.72. The van der Waals surface area contributed by atoms with Crippen LogP contribution >= 0.6 is 0 Å². The SMILES string of the molecule is COc1cc(COC(=O)N(C)OCCC(N)C(=O)O)c([N+](=O)[O-])cc1OC. The molecule has 0 aliphatic rings. The third-order valence-electron chi connectivity index (χ3n) is 3.42. The molecule has 150 valence electrons. The fourth-order valence-electron chi connectivity index (χ4n) is 1.92. The van der Waals surface area contributed by atoms with Crippen molar-refractivity contribution in [2.75, 3.05) is 27.9 Å². The number of ether oxygens (including phenoxy) is 3. The molecule has 27 heavy (non-hydrogen) atoms. The summed E-state index contributed by atoms with van der Waals surface area (Å²) in [4.78, 5) is 38.1. The summed E-state index contributed by atoms with van der Waals surface area (Å²) < 4.78 is 15.1. The molecule has 0 aromatic heterocycles. The molecule has 1 rings (SSSR count). The number of rotatable bonds is 10. The first kappa shape index (κ1) is 21.9. The molecule has 1 aromatic carbocycles. The van der Waals surface area contributed by atoms with Gasteiger partial charge in [0, 0.05) is 7.05 Å². The van der Waals surface area contributed by atoms with Crippen molar-refractivity contribution in [1.82, 2.24) is 5.06 Å². The number of carbonyl (C=O) groups is 2. The second kappa shape index (κ2) is 10.1. The average Bonchev–Trinajstić information content (AvgIpc) is 2.64. The molecule has 0 fully saturated rings. The Morgan fingerprint density at radius 1 is 1.30 bits per heavy atom. The number of hydroxylamine groups is 2. The molecule has 1 amide bonds. The van der Waals surface area contributed by atoms with Crippen LogP contribution in [0.1, 0.15) is 12.0 Å². The number of amides is 1. The number of nitro benzene ring substituents is 1. The van der Waals surface area contributed by atoms with Gasteiger partial charge in [0.2, 0.25) is 0 Å². The zero-order chi connectivity index (χ0) is 20.6. The van der Waals surface area contributed by atoms with E-state index in [2.05, 4.69) is 0 Å². The molecule has 0 heterocycles. The number of nitro groups is 1. The molecule has 0 saturated carbocycles. The van der Waals surface area contributed by atoms with Crippen LogP contribution in [0.25, 0.3) is 0 Å². The fourth-order valence-corrected chi connectivity index (χ4v) is 1.92. The Kier molecular flexibility index (Phi) is 8.23. The number of carboxylic acids is 1. The van der Waals surface area contributed by atoms with Gasteiger partial charge >= 0.3 is 12.1 Å². The van der Waals surface area contributed by atoms with Gasteiger partial charge in [0.25, 0.3) is 5.69 Å². The van der Waals surface area contributed by atoms with Crippen molar-refractivity contribution in [2.24, 2.45) is 5.73 Å². The molecule has 12 heteroatoms. The van der Waals surface area contributed by atoms with Gasteiger partial charge in [0.15, 0.2) is 11.5 Å². The average molecular weight is 387 g/mol. The molecule has 3 N–H and O–H groups in total. The second-order valence-electron chi connectivity index (χ2n) is 5.21. The lowest BCUT2D eigenvalue weighted by atomic mass is 10.1. The fraction of sp³-hybridized carbons (Fsp3) is 0.467. The molecule has 1 unspecified atom stereocenters. The highest BCUT2D eigenvalue weighted by Gasteiger charge is 2.22. The molecule has 0 saturated heterocycles. The van der Waals surface area contributed by atoms with Gasteiger partial charge in [-0.15, -0.1) is 0 Å². The number of carboxylic acid groups (broad SMARTS) is 1. The van der Waals surface area contributed by atoms with Crippen molar-refractivity contribution in [1.29, 1.82) is 0 Å². The molecule has 1 atom stereocenters. The quantitative estimate of drug-likeness (QED) is 0.435. The van der Waals surface area contributed by atoms with Crippen LogP contribution < -0.4 is 15.2 Å². The number of aliphatic carboxylic acids is 1. The van der Waals surface area contributed by atoms with Crippen LogP contribution in [0.4, 0.5) is 10.5 Å². The van der Waals surface area contributed by atoms with Gasteiger partial charge in [0.05, 0.1) is 37.4 Å². The molecule has 0 bridgehead atoms. The number of hydrogen-bond donors (Lipinski definition) is 2. The van der Waals surface area contributed by atoms with E-state index in [-0.39, 0.29) is 35.8 Å². The molecular weight excluding hydrogens is 366 g/mol. The Morgan fingerprint density at radius 3 is 2.41 bits per heavy atom. The number of methoxy groups -OCH3 is 2. The summed E-state index contributed by atoms with van der Waals surface area (Å²) in [6, 6.07) is 1.37. The highest BCUT2D eigenvalue weighted by atomic mass is 16.7. The van der Waals surface area contributed by atoms with E-state index in [0.717, 1.165) is 11.1 Å². The van der Waals surface area contributed by atoms with E-state index in [1.54, 1.807) is 0 Å². The summed E-state index contributed by atoms with van der Waals surface area (Å²) in [5, 5.41) is 20.6. The van der Waals surface area contributed by atoms with Crippen molar-refractivity contribution in [3.63, 3.8) is 0 Å². The summed E-state index contributed by atoms with van der Waals surface area (Å²) >= 11 is 0. The van der Waals surface area contributed by atoms with E-state index < -0.39 is 29.6 Å². The first-order chi connectivity index (χ1) is 12.7. The number of benzene rings is 1. The first-order valence-corrected chi connectivity index (χ1v) is 7.62. The summed E-state index contributed by atoms with van der Waals surface area (Å²) in [5.74, 6) is -0.791. The van der Waals surface area contributed by atoms with Crippen LogP contribution in [0.5, 0.6) is 11.5 Å². The molecule has 12 nitrogen and oxygen atoms in total. The van der Waals surface area contributed by atoms with Gasteiger partial charge in [-0.2, -0.15) is 5.06 Å². The molecular formula is C15H21N3O9. The Bertz CT molecular complexity index is 695. The van der Waals surface area contributed by atoms with E-state index in [0.29, 0.717) is 0 Å². The van der Waals surface area contributed by atoms with E-state index >= 15 is 0 Å². The number of carbonyl (C=O) groups excluding carboxylic acids is 1. The Hall–Kier alpha value is -3.12. The lowest BCUT2D eigenvalue weighted by molar-refractivity contribution is -0.385. The van der Waals surface area contributed by atoms with E-state index in [1.807, 2.05) is 0 Å². The highest BCUT2D eigenvalue weighted by Crippen LogP contribution is 2.34. The monoisotopic (exact) mass is 387 g/mol. The highest BCUT2D eigenvalue weighted by molar-refractivity contribution is 5.73. The van der Waals surface area contributed by atoms with E-state index in [1.165, 1.54) is 27.3 Å². The van der Waals surface area contributed by atoms with Crippen molar-refractivity contribution >= 4 is 17.7 Å². The minimum absolute atomic E-state index is 0.0197. The number of nitrogens with zero attached hydrogens (tertiary/aromatic N) is 2. The van der Waals surface area contributed by atoms with Gasteiger partial charge in [0.1, 0.15) is 12.6 Å². The zero-order valence-electron chi connectivity index (χ0n) is 15.0. The van der Waals surface area contributed by atoms with Gasteiger partial charge in [-0.25, -0.2) is 4.79 Å². The maximum Gasteiger partial charge on any atom is 0.434 e. The minimum Gasteiger partial charge on any atom is -0.493 e. The zero-order valence-corrected chi connectivity index (χ0v) is 15.0. The number of hydrogen-bond acceptors (Lipinski definition) is 9. The number of nitrogens with two attached hydrogens (primary N) is 1. The normalized spacial score (nSPS) is 11.4. The summed E-state index contributed by atoms with van der Waals surface area (Å²) in [6.45, 7) is -0.548. The third kappa shape index (κ3) is 6.27. The lowest BCUT2D eigenvalue weighted by Crippen LogP contribution is -2.34. The molecule has 0 radical (unpaired) electrons. The lowest BCUT2D eigenvalue weighted by Gasteiger charge is -2.17. The van der Waals surface area contributed by atoms with Gasteiger partial charge < -0.3 is 25.1 Å². The van der Waals surface area contributed by atoms with Crippen LogP contribution in [-0.2, 0) is 21.0 Å². The van der Waals surface area contributed by atoms with E-state index in [9.17, 15) is 19.7 Å². The summed E-state index contributed by atoms with van der Waals surface area (Å²) in [6.07, 6.45) is -0.948. The Morgan fingerprint density at radius 2 is 1.89 bits per heavy atom. The van der Waals surface area contributed by atoms with Crippen LogP contribution in [0.3, 0.4) is 0 Å². The van der Waals surface area contributed by atoms with Crippen molar-refractivity contribution in [3.05, 3.63) is 27.8 Å². The van der Waals surface area contributed by atoms with Crippen LogP contribution in [0.15, 0.2) is 12.1 Å². The predicted octanol–water partition coefficient (Wildman–Crippen LogP) is 0.914. The maximum absolute atomic E-state index is 11.9. The second-order valence-corrected chi connectivity index (χ2v) is 5.21. The van der Waals surface area contributed by atoms with Gasteiger partial charge in [-0.05, 0) is 12.5 Å². The smallest absolute Gasteiger partial charge is 0.434 e. The maximum atomic E-state index is 11.9. The topological polar surface area (TPSA) is 164 Å². The largest absolute Gasteiger partial charge is 0.493 e. The van der Waals surface area contributed by atoms with Crippen LogP contribution in [-0.4, -0.2) is 61.1 Å². The van der Waals surface area contributed by atoms with Crippen molar-refractivity contribution < 1.29 is 38.7 Å². The van der Waals surface area contributed by atoms with Gasteiger partial charge in [-0.1, -0.05) is 0 Å². The standard InChI is InChI=1S/C15H21N3O9/c1-17(27-5-4-10(16)14(19)20)15(21)26-8-9-6-12(24-2)13(25-3)7-11(9)18(22)23/h6-7,10H,4-5,8,16H2,1-3H3,(H,19,20). The summed E-state index contributed by atoms with van der Waals surface area (Å²) in [5.41, 5.74) is 5.09. The summed E-state index contributed by atoms with van der Waals surface area (Å²) in [7, 11) is 3.95. The molecule has 0 aliphatic heterocycles. The molecule has 0 aliphatic carbocycles. The minimum atomic E-state index is -1.19. The third-order valence-corrected chi connectivity index (χ3v) is 3.42.